The third-order valence-electron chi connectivity index (χ3n) is 3.74. The van der Waals surface area contributed by atoms with Crippen LogP contribution in [0, 0.1) is 12.3 Å². The number of nitrogens with two attached hydrogens (primary N) is 1. The molecule has 1 amide bonds. The third-order valence-corrected chi connectivity index (χ3v) is 3.74. The number of anilines is 1. The lowest BCUT2D eigenvalue weighted by Crippen LogP contribution is -2.39. The lowest BCUT2D eigenvalue weighted by molar-refractivity contribution is 0.1000. The summed E-state index contributed by atoms with van der Waals surface area (Å²) in [5.74, 6) is 0.315. The Bertz CT molecular complexity index is 467. The quantitative estimate of drug-likeness (QED) is 0.764. The van der Waals surface area contributed by atoms with Gasteiger partial charge in [0.25, 0.3) is 0 Å². The van der Waals surface area contributed by atoms with Crippen molar-refractivity contribution in [1.29, 1.82) is 0 Å². The molecule has 1 aliphatic heterocycles. The first-order valence-corrected chi connectivity index (χ1v) is 6.72. The van der Waals surface area contributed by atoms with Crippen molar-refractivity contribution in [2.24, 2.45) is 11.1 Å². The molecule has 2 rings (SSSR count). The molecule has 4 N–H and O–H groups in total. The van der Waals surface area contributed by atoms with Gasteiger partial charge in [0.15, 0.2) is 0 Å². The average molecular weight is 262 g/mol. The molecule has 5 heteroatoms. The van der Waals surface area contributed by atoms with Crippen LogP contribution >= 0.6 is 0 Å². The highest BCUT2D eigenvalue weighted by Crippen LogP contribution is 2.28. The fraction of sp³-hybridized carbons (Fsp3) is 0.571. The highest BCUT2D eigenvalue weighted by Gasteiger charge is 2.26. The van der Waals surface area contributed by atoms with Crippen LogP contribution in [0.4, 0.5) is 5.82 Å². The summed E-state index contributed by atoms with van der Waals surface area (Å²) in [5.41, 5.74) is 6.90. The predicted molar refractivity (Wildman–Crippen MR) is 76.2 cm³/mol. The van der Waals surface area contributed by atoms with E-state index in [2.05, 4.69) is 22.5 Å². The molecule has 0 spiro atoms. The van der Waals surface area contributed by atoms with Crippen molar-refractivity contribution >= 4 is 11.7 Å². The van der Waals surface area contributed by atoms with Crippen LogP contribution in [0.2, 0.25) is 0 Å². The van der Waals surface area contributed by atoms with Crippen LogP contribution in [-0.2, 0) is 0 Å². The summed E-state index contributed by atoms with van der Waals surface area (Å²) < 4.78 is 0. The number of aromatic nitrogens is 1. The predicted octanol–water partition coefficient (Wildman–Crippen LogP) is 1.29. The third kappa shape index (κ3) is 3.67. The Morgan fingerprint density at radius 3 is 2.79 bits per heavy atom. The molecule has 0 aliphatic carbocycles. The molecule has 104 valence electrons. The van der Waals surface area contributed by atoms with Crippen LogP contribution in [0.3, 0.4) is 0 Å². The van der Waals surface area contributed by atoms with E-state index in [1.807, 2.05) is 6.92 Å². The maximum Gasteiger partial charge on any atom is 0.248 e. The number of nitrogens with one attached hydrogen (secondary N) is 2. The van der Waals surface area contributed by atoms with Crippen LogP contribution in [0.1, 0.15) is 35.8 Å². The highest BCUT2D eigenvalue weighted by atomic mass is 16.1. The Kier molecular flexibility index (Phi) is 4.04. The zero-order chi connectivity index (χ0) is 13.9. The summed E-state index contributed by atoms with van der Waals surface area (Å²) >= 11 is 0. The van der Waals surface area contributed by atoms with Gasteiger partial charge in [0.2, 0.25) is 5.91 Å². The van der Waals surface area contributed by atoms with Gasteiger partial charge in [-0.1, -0.05) is 6.92 Å². The van der Waals surface area contributed by atoms with Crippen LogP contribution in [-0.4, -0.2) is 30.5 Å². The zero-order valence-corrected chi connectivity index (χ0v) is 11.6. The van der Waals surface area contributed by atoms with Crippen molar-refractivity contribution in [3.8, 4) is 0 Å². The van der Waals surface area contributed by atoms with E-state index >= 15 is 0 Å². The van der Waals surface area contributed by atoms with E-state index < -0.39 is 5.91 Å². The lowest BCUT2D eigenvalue weighted by Gasteiger charge is -2.34. The maximum atomic E-state index is 11.2. The number of piperidine rings is 1. The largest absolute Gasteiger partial charge is 0.369 e. The summed E-state index contributed by atoms with van der Waals surface area (Å²) in [6, 6.07) is 3.43. The van der Waals surface area contributed by atoms with Crippen LogP contribution < -0.4 is 16.4 Å². The molecule has 0 atom stereocenters. The number of pyridine rings is 1. The van der Waals surface area contributed by atoms with E-state index in [0.29, 0.717) is 5.56 Å². The minimum Gasteiger partial charge on any atom is -0.369 e. The minimum atomic E-state index is -0.415. The van der Waals surface area contributed by atoms with Crippen molar-refractivity contribution < 1.29 is 4.79 Å². The molecule has 0 bridgehead atoms. The Hall–Kier alpha value is -1.62. The SMILES string of the molecule is Cc1cc(C(N)=O)cc(NCC2(C)CCNCC2)n1. The lowest BCUT2D eigenvalue weighted by atomic mass is 9.81. The van der Waals surface area contributed by atoms with Gasteiger partial charge in [-0.05, 0) is 50.4 Å². The van der Waals surface area contributed by atoms with E-state index in [4.69, 9.17) is 5.73 Å². The molecule has 1 aliphatic rings. The fourth-order valence-corrected chi connectivity index (χ4v) is 2.41. The van der Waals surface area contributed by atoms with Gasteiger partial charge in [-0.15, -0.1) is 0 Å². The topological polar surface area (TPSA) is 80.0 Å². The number of nitrogens with zero attached hydrogens (tertiary/aromatic N) is 1. The Labute approximate surface area is 114 Å². The van der Waals surface area contributed by atoms with Gasteiger partial charge in [0.05, 0.1) is 0 Å². The number of aryl methyl sites for hydroxylation is 1. The van der Waals surface area contributed by atoms with Gasteiger partial charge >= 0.3 is 0 Å². The maximum absolute atomic E-state index is 11.2. The summed E-state index contributed by atoms with van der Waals surface area (Å²) in [4.78, 5) is 15.6. The first kappa shape index (κ1) is 13.8. The molecule has 1 aromatic heterocycles. The molecule has 19 heavy (non-hydrogen) atoms. The number of primary amides is 1. The first-order valence-electron chi connectivity index (χ1n) is 6.72. The fourth-order valence-electron chi connectivity index (χ4n) is 2.41. The highest BCUT2D eigenvalue weighted by molar-refractivity contribution is 5.93. The number of hydrogen-bond acceptors (Lipinski definition) is 4. The van der Waals surface area contributed by atoms with Crippen molar-refractivity contribution in [2.45, 2.75) is 26.7 Å². The molecular formula is C14H22N4O. The number of hydrogen-bond donors (Lipinski definition) is 3. The Balaban J connectivity index is 2.04. The average Bonchev–Trinajstić information content (AvgIpc) is 2.37. The normalized spacial score (nSPS) is 18.0. The Morgan fingerprint density at radius 2 is 2.16 bits per heavy atom. The number of rotatable bonds is 4. The number of amides is 1. The number of carbonyl (C=O) groups is 1. The second-order valence-corrected chi connectivity index (χ2v) is 5.66. The zero-order valence-electron chi connectivity index (χ0n) is 11.6. The molecule has 5 nitrogen and oxygen atoms in total. The Morgan fingerprint density at radius 1 is 1.47 bits per heavy atom. The smallest absolute Gasteiger partial charge is 0.248 e. The minimum absolute atomic E-state index is 0.281. The molecule has 1 saturated heterocycles. The summed E-state index contributed by atoms with van der Waals surface area (Å²) in [6.45, 7) is 7.14. The van der Waals surface area contributed by atoms with Crippen LogP contribution in [0.15, 0.2) is 12.1 Å². The summed E-state index contributed by atoms with van der Waals surface area (Å²) in [6.07, 6.45) is 2.29. The van der Waals surface area contributed by atoms with Gasteiger partial charge in [0, 0.05) is 17.8 Å². The van der Waals surface area contributed by atoms with Gasteiger partial charge in [-0.3, -0.25) is 4.79 Å². The molecule has 1 fully saturated rings. The van der Waals surface area contributed by atoms with Crippen molar-refractivity contribution in [3.05, 3.63) is 23.4 Å². The van der Waals surface area contributed by atoms with E-state index in [0.717, 1.165) is 44.0 Å². The van der Waals surface area contributed by atoms with E-state index in [9.17, 15) is 4.79 Å². The van der Waals surface area contributed by atoms with Crippen LogP contribution in [0.25, 0.3) is 0 Å². The van der Waals surface area contributed by atoms with Gasteiger partial charge < -0.3 is 16.4 Å². The summed E-state index contributed by atoms with van der Waals surface area (Å²) in [5, 5.41) is 6.71. The standard InChI is InChI=1S/C14H22N4O/c1-10-7-11(13(15)19)8-12(18-10)17-9-14(2)3-5-16-6-4-14/h7-8,16H,3-6,9H2,1-2H3,(H2,15,19)(H,17,18). The van der Waals surface area contributed by atoms with Gasteiger partial charge in [-0.25, -0.2) is 4.98 Å². The summed E-state index contributed by atoms with van der Waals surface area (Å²) in [7, 11) is 0. The van der Waals surface area contributed by atoms with Crippen molar-refractivity contribution in [3.63, 3.8) is 0 Å². The van der Waals surface area contributed by atoms with Gasteiger partial charge in [0.1, 0.15) is 5.82 Å². The second-order valence-electron chi connectivity index (χ2n) is 5.66. The van der Waals surface area contributed by atoms with E-state index in [1.165, 1.54) is 0 Å². The monoisotopic (exact) mass is 262 g/mol. The van der Waals surface area contributed by atoms with Crippen LogP contribution in [0.5, 0.6) is 0 Å². The van der Waals surface area contributed by atoms with Crippen molar-refractivity contribution in [2.75, 3.05) is 25.0 Å². The molecule has 0 saturated carbocycles. The first-order chi connectivity index (χ1) is 8.98. The second kappa shape index (κ2) is 5.57. The molecule has 0 unspecified atom stereocenters. The molecule has 1 aromatic rings. The van der Waals surface area contributed by atoms with E-state index in [1.54, 1.807) is 12.1 Å². The van der Waals surface area contributed by atoms with Gasteiger partial charge in [-0.2, -0.15) is 0 Å². The number of carbonyl (C=O) groups excluding carboxylic acids is 1. The molecule has 0 aromatic carbocycles. The van der Waals surface area contributed by atoms with E-state index in [-0.39, 0.29) is 5.41 Å². The molecule has 0 radical (unpaired) electrons. The molecular weight excluding hydrogens is 240 g/mol. The van der Waals surface area contributed by atoms with Crippen molar-refractivity contribution in [1.82, 2.24) is 10.3 Å². The molecule has 2 heterocycles.